The van der Waals surface area contributed by atoms with Crippen LogP contribution in [0.2, 0.25) is 0 Å². The van der Waals surface area contributed by atoms with Crippen molar-refractivity contribution in [2.24, 2.45) is 4.99 Å². The van der Waals surface area contributed by atoms with Crippen molar-refractivity contribution in [2.75, 3.05) is 13.1 Å². The van der Waals surface area contributed by atoms with E-state index in [1.54, 1.807) is 0 Å². The standard InChI is InChI=1S/C19H27N3.HI/c1-2-20-18(22-17-11-6-7-12-17)21-15-19(13-8-14-19)16-9-4-3-5-10-16;/h3-7,9-10,17H,2,8,11-15H2,1H3,(H2,20,21,22);1H. The molecule has 0 bridgehead atoms. The minimum absolute atomic E-state index is 0. The van der Waals surface area contributed by atoms with Crippen molar-refractivity contribution in [3.05, 3.63) is 48.0 Å². The summed E-state index contributed by atoms with van der Waals surface area (Å²) in [6.07, 6.45) is 10.5. The Morgan fingerprint density at radius 3 is 2.43 bits per heavy atom. The van der Waals surface area contributed by atoms with Crippen LogP contribution in [0.1, 0.15) is 44.6 Å². The second-order valence-electron chi connectivity index (χ2n) is 6.48. The number of aliphatic imine (C=N–C) groups is 1. The second-order valence-corrected chi connectivity index (χ2v) is 6.48. The zero-order valence-electron chi connectivity index (χ0n) is 13.9. The molecule has 4 heteroatoms. The minimum Gasteiger partial charge on any atom is -0.357 e. The third-order valence-electron chi connectivity index (χ3n) is 4.93. The molecule has 0 amide bonds. The first-order valence-electron chi connectivity index (χ1n) is 8.58. The summed E-state index contributed by atoms with van der Waals surface area (Å²) in [6.45, 7) is 3.91. The van der Waals surface area contributed by atoms with Crippen LogP contribution in [0, 0.1) is 0 Å². The molecule has 0 unspecified atom stereocenters. The largest absolute Gasteiger partial charge is 0.357 e. The van der Waals surface area contributed by atoms with Crippen LogP contribution < -0.4 is 10.6 Å². The monoisotopic (exact) mass is 425 g/mol. The number of hydrogen-bond donors (Lipinski definition) is 2. The highest BCUT2D eigenvalue weighted by Gasteiger charge is 2.38. The summed E-state index contributed by atoms with van der Waals surface area (Å²) in [5.74, 6) is 0.971. The molecule has 0 spiro atoms. The van der Waals surface area contributed by atoms with Crippen LogP contribution in [0.15, 0.2) is 47.5 Å². The molecule has 126 valence electrons. The predicted molar refractivity (Wildman–Crippen MR) is 109 cm³/mol. The van der Waals surface area contributed by atoms with Crippen molar-refractivity contribution in [1.82, 2.24) is 10.6 Å². The summed E-state index contributed by atoms with van der Waals surface area (Å²) in [6, 6.07) is 11.4. The Kier molecular flexibility index (Phi) is 6.93. The Morgan fingerprint density at radius 1 is 1.17 bits per heavy atom. The quantitative estimate of drug-likeness (QED) is 0.324. The highest BCUT2D eigenvalue weighted by atomic mass is 127. The molecule has 3 rings (SSSR count). The van der Waals surface area contributed by atoms with Gasteiger partial charge < -0.3 is 10.6 Å². The Hall–Kier alpha value is -1.04. The predicted octanol–water partition coefficient (Wildman–Crippen LogP) is 4.00. The van der Waals surface area contributed by atoms with Crippen LogP contribution in [0.3, 0.4) is 0 Å². The van der Waals surface area contributed by atoms with E-state index >= 15 is 0 Å². The van der Waals surface area contributed by atoms with Gasteiger partial charge in [0, 0.05) is 18.0 Å². The average molecular weight is 425 g/mol. The van der Waals surface area contributed by atoms with Crippen LogP contribution in [0.25, 0.3) is 0 Å². The number of rotatable bonds is 5. The summed E-state index contributed by atoms with van der Waals surface area (Å²) in [5, 5.41) is 6.96. The minimum atomic E-state index is 0. The molecule has 0 heterocycles. The first-order valence-corrected chi connectivity index (χ1v) is 8.58. The number of hydrogen-bond acceptors (Lipinski definition) is 1. The summed E-state index contributed by atoms with van der Waals surface area (Å²) in [5.41, 5.74) is 1.71. The van der Waals surface area contributed by atoms with Crippen LogP contribution >= 0.6 is 24.0 Å². The molecular weight excluding hydrogens is 397 g/mol. The van der Waals surface area contributed by atoms with Crippen molar-refractivity contribution in [2.45, 2.75) is 50.5 Å². The molecule has 0 atom stereocenters. The summed E-state index contributed by atoms with van der Waals surface area (Å²) in [7, 11) is 0. The SMILES string of the molecule is CCNC(=NCC1(c2ccccc2)CCC1)NC1CC=CC1.I. The van der Waals surface area contributed by atoms with Crippen molar-refractivity contribution in [1.29, 1.82) is 0 Å². The van der Waals surface area contributed by atoms with E-state index in [9.17, 15) is 0 Å². The zero-order valence-corrected chi connectivity index (χ0v) is 16.3. The molecule has 3 nitrogen and oxygen atoms in total. The maximum absolute atomic E-state index is 4.91. The van der Waals surface area contributed by atoms with Crippen LogP contribution in [0.5, 0.6) is 0 Å². The van der Waals surface area contributed by atoms with Gasteiger partial charge in [-0.2, -0.15) is 0 Å². The Morgan fingerprint density at radius 2 is 1.87 bits per heavy atom. The third-order valence-corrected chi connectivity index (χ3v) is 4.93. The second kappa shape index (κ2) is 8.71. The molecule has 23 heavy (non-hydrogen) atoms. The van der Waals surface area contributed by atoms with Gasteiger partial charge in [-0.25, -0.2) is 0 Å². The van der Waals surface area contributed by atoms with Gasteiger partial charge in [0.1, 0.15) is 0 Å². The Bertz CT molecular complexity index is 527. The topological polar surface area (TPSA) is 36.4 Å². The fourth-order valence-corrected chi connectivity index (χ4v) is 3.41. The third kappa shape index (κ3) is 4.49. The lowest BCUT2D eigenvalue weighted by molar-refractivity contribution is 0.253. The normalized spacial score (nSPS) is 19.8. The smallest absolute Gasteiger partial charge is 0.191 e. The number of nitrogens with one attached hydrogen (secondary N) is 2. The van der Waals surface area contributed by atoms with E-state index in [0.717, 1.165) is 31.9 Å². The molecule has 1 saturated carbocycles. The fraction of sp³-hybridized carbons (Fsp3) is 0.526. The van der Waals surface area contributed by atoms with Crippen molar-refractivity contribution >= 4 is 29.9 Å². The highest BCUT2D eigenvalue weighted by molar-refractivity contribution is 14.0. The lowest BCUT2D eigenvalue weighted by Crippen LogP contribution is -2.44. The molecule has 1 fully saturated rings. The van der Waals surface area contributed by atoms with E-state index in [1.807, 2.05) is 0 Å². The molecule has 2 N–H and O–H groups in total. The van der Waals surface area contributed by atoms with E-state index in [0.29, 0.717) is 6.04 Å². The molecule has 0 aliphatic heterocycles. The van der Waals surface area contributed by atoms with Gasteiger partial charge in [-0.1, -0.05) is 48.9 Å². The van der Waals surface area contributed by atoms with Crippen LogP contribution in [0.4, 0.5) is 0 Å². The fourth-order valence-electron chi connectivity index (χ4n) is 3.41. The average Bonchev–Trinajstić information content (AvgIpc) is 3.00. The van der Waals surface area contributed by atoms with Gasteiger partial charge in [0.05, 0.1) is 6.54 Å². The summed E-state index contributed by atoms with van der Waals surface area (Å²) >= 11 is 0. The molecule has 0 aromatic heterocycles. The van der Waals surface area contributed by atoms with E-state index in [-0.39, 0.29) is 29.4 Å². The van der Waals surface area contributed by atoms with Gasteiger partial charge in [-0.05, 0) is 38.2 Å². The van der Waals surface area contributed by atoms with Crippen LogP contribution in [-0.2, 0) is 5.41 Å². The van der Waals surface area contributed by atoms with Gasteiger partial charge in [-0.15, -0.1) is 24.0 Å². The van der Waals surface area contributed by atoms with E-state index in [2.05, 4.69) is 60.0 Å². The van der Waals surface area contributed by atoms with E-state index in [4.69, 9.17) is 4.99 Å². The molecule has 2 aliphatic carbocycles. The van der Waals surface area contributed by atoms with Crippen molar-refractivity contribution < 1.29 is 0 Å². The van der Waals surface area contributed by atoms with E-state index in [1.165, 1.54) is 24.8 Å². The number of nitrogens with zero attached hydrogens (tertiary/aromatic N) is 1. The highest BCUT2D eigenvalue weighted by Crippen LogP contribution is 2.43. The maximum Gasteiger partial charge on any atom is 0.191 e. The first-order chi connectivity index (χ1) is 10.8. The number of halogens is 1. The number of benzene rings is 1. The lowest BCUT2D eigenvalue weighted by Gasteiger charge is -2.41. The molecule has 0 saturated heterocycles. The van der Waals surface area contributed by atoms with E-state index < -0.39 is 0 Å². The first kappa shape index (κ1) is 18.3. The van der Waals surface area contributed by atoms with Gasteiger partial charge >= 0.3 is 0 Å². The molecule has 1 aromatic carbocycles. The van der Waals surface area contributed by atoms with Crippen molar-refractivity contribution in [3.63, 3.8) is 0 Å². The molecule has 1 aromatic rings. The van der Waals surface area contributed by atoms with Crippen molar-refractivity contribution in [3.8, 4) is 0 Å². The Balaban J connectivity index is 0.00000192. The molecule has 0 radical (unpaired) electrons. The van der Waals surface area contributed by atoms with Gasteiger partial charge in [0.2, 0.25) is 0 Å². The van der Waals surface area contributed by atoms with Gasteiger partial charge in [0.15, 0.2) is 5.96 Å². The molecular formula is C19H28IN3. The van der Waals surface area contributed by atoms with Crippen LogP contribution in [-0.4, -0.2) is 25.1 Å². The lowest BCUT2D eigenvalue weighted by atomic mass is 9.64. The van der Waals surface area contributed by atoms with Gasteiger partial charge in [-0.3, -0.25) is 4.99 Å². The molecule has 2 aliphatic rings. The summed E-state index contributed by atoms with van der Waals surface area (Å²) < 4.78 is 0. The van der Waals surface area contributed by atoms with Gasteiger partial charge in [0.25, 0.3) is 0 Å². The maximum atomic E-state index is 4.91. The Labute approximate surface area is 157 Å². The zero-order chi connectivity index (χ0) is 15.3. The number of guanidine groups is 1. The summed E-state index contributed by atoms with van der Waals surface area (Å²) in [4.78, 5) is 4.91.